The number of aromatic nitrogens is 1. The summed E-state index contributed by atoms with van der Waals surface area (Å²) in [5.41, 5.74) is 0.907. The number of nitrogens with zero attached hydrogens (tertiary/aromatic N) is 1. The molecule has 2 aromatic heterocycles. The quantitative estimate of drug-likeness (QED) is 0.672. The molecule has 0 aromatic carbocycles. The van der Waals surface area contributed by atoms with Crippen molar-refractivity contribution in [1.82, 2.24) is 4.98 Å². The van der Waals surface area contributed by atoms with Gasteiger partial charge >= 0.3 is 0 Å². The lowest BCUT2D eigenvalue weighted by Crippen LogP contribution is -1.73. The topological polar surface area (TPSA) is 39.2 Å². The molecule has 0 aliphatic carbocycles. The van der Waals surface area contributed by atoms with E-state index < -0.39 is 0 Å². The van der Waals surface area contributed by atoms with Crippen molar-refractivity contribution in [2.45, 2.75) is 20.8 Å². The molecule has 0 spiro atoms. The van der Waals surface area contributed by atoms with Gasteiger partial charge in [0.1, 0.15) is 11.5 Å². The number of hydrogen-bond acceptors (Lipinski definition) is 3. The molecule has 0 radical (unpaired) electrons. The summed E-state index contributed by atoms with van der Waals surface area (Å²) in [6.45, 7) is 5.70. The molecular weight excluding hydrogens is 166 g/mol. The van der Waals surface area contributed by atoms with Gasteiger partial charge in [0, 0.05) is 0 Å². The third kappa shape index (κ3) is 1.37. The van der Waals surface area contributed by atoms with E-state index in [4.69, 9.17) is 8.83 Å². The normalized spacial score (nSPS) is 10.7. The first-order chi connectivity index (χ1) is 6.16. The smallest absolute Gasteiger partial charge is 0.263 e. The van der Waals surface area contributed by atoms with E-state index in [9.17, 15) is 0 Å². The molecule has 0 saturated carbocycles. The van der Waals surface area contributed by atoms with Crippen LogP contribution in [0.5, 0.6) is 0 Å². The molecule has 0 aliphatic rings. The van der Waals surface area contributed by atoms with E-state index in [1.54, 1.807) is 0 Å². The summed E-state index contributed by atoms with van der Waals surface area (Å²) in [6, 6.07) is 3.75. The Kier molecular flexibility index (Phi) is 1.72. The van der Waals surface area contributed by atoms with Crippen molar-refractivity contribution in [3.05, 3.63) is 29.3 Å². The highest BCUT2D eigenvalue weighted by Gasteiger charge is 2.10. The number of hydrogen-bond donors (Lipinski definition) is 0. The molecule has 0 N–H and O–H groups in total. The molecule has 13 heavy (non-hydrogen) atoms. The van der Waals surface area contributed by atoms with Crippen LogP contribution in [-0.2, 0) is 0 Å². The van der Waals surface area contributed by atoms with E-state index in [0.717, 1.165) is 17.2 Å². The molecule has 0 atom stereocenters. The third-order valence-electron chi connectivity index (χ3n) is 1.98. The van der Waals surface area contributed by atoms with Crippen molar-refractivity contribution in [3.8, 4) is 11.7 Å². The highest BCUT2D eigenvalue weighted by atomic mass is 16.4. The molecule has 0 aliphatic heterocycles. The minimum atomic E-state index is 0.558. The summed E-state index contributed by atoms with van der Waals surface area (Å²) in [4.78, 5) is 4.23. The van der Waals surface area contributed by atoms with Gasteiger partial charge < -0.3 is 8.83 Å². The largest absolute Gasteiger partial charge is 0.456 e. The van der Waals surface area contributed by atoms with Gasteiger partial charge in [0.05, 0.1) is 5.69 Å². The van der Waals surface area contributed by atoms with Crippen LogP contribution in [-0.4, -0.2) is 4.98 Å². The zero-order chi connectivity index (χ0) is 9.42. The Morgan fingerprint density at radius 1 is 1.08 bits per heavy atom. The molecule has 0 fully saturated rings. The predicted molar refractivity (Wildman–Crippen MR) is 48.4 cm³/mol. The molecule has 2 aromatic rings. The fourth-order valence-electron chi connectivity index (χ4n) is 1.13. The van der Waals surface area contributed by atoms with Gasteiger partial charge in [-0.05, 0) is 32.9 Å². The Bertz CT molecular complexity index is 406. The van der Waals surface area contributed by atoms with E-state index in [1.165, 1.54) is 0 Å². The second kappa shape index (κ2) is 2.76. The molecule has 2 heterocycles. The van der Waals surface area contributed by atoms with Crippen LogP contribution in [0.2, 0.25) is 0 Å². The Labute approximate surface area is 76.4 Å². The average molecular weight is 177 g/mol. The zero-order valence-electron chi connectivity index (χ0n) is 7.92. The molecule has 0 bridgehead atoms. The fourth-order valence-corrected chi connectivity index (χ4v) is 1.13. The number of rotatable bonds is 1. The van der Waals surface area contributed by atoms with Crippen molar-refractivity contribution < 1.29 is 8.83 Å². The molecule has 68 valence electrons. The van der Waals surface area contributed by atoms with Gasteiger partial charge in [0.15, 0.2) is 5.76 Å². The first-order valence-electron chi connectivity index (χ1n) is 4.17. The summed E-state index contributed by atoms with van der Waals surface area (Å²) < 4.78 is 10.8. The second-order valence-electron chi connectivity index (χ2n) is 3.07. The number of oxazole rings is 1. The van der Waals surface area contributed by atoms with Gasteiger partial charge in [-0.15, -0.1) is 0 Å². The van der Waals surface area contributed by atoms with Crippen LogP contribution in [0.3, 0.4) is 0 Å². The van der Waals surface area contributed by atoms with Crippen molar-refractivity contribution in [2.75, 3.05) is 0 Å². The Balaban J connectivity index is 2.46. The van der Waals surface area contributed by atoms with Crippen molar-refractivity contribution in [1.29, 1.82) is 0 Å². The van der Waals surface area contributed by atoms with Gasteiger partial charge in [-0.25, -0.2) is 4.98 Å². The standard InChI is InChI=1S/C10H11NO2/c1-6-4-5-9(12-6)10-11-7(2)8(3)13-10/h4-5H,1-3H3. The Morgan fingerprint density at radius 3 is 2.31 bits per heavy atom. The number of furan rings is 1. The molecular formula is C10H11NO2. The monoisotopic (exact) mass is 177 g/mol. The zero-order valence-corrected chi connectivity index (χ0v) is 7.92. The van der Waals surface area contributed by atoms with Crippen molar-refractivity contribution in [2.24, 2.45) is 0 Å². The van der Waals surface area contributed by atoms with Crippen LogP contribution in [0.15, 0.2) is 21.0 Å². The van der Waals surface area contributed by atoms with Gasteiger partial charge in [0.2, 0.25) is 0 Å². The van der Waals surface area contributed by atoms with E-state index in [-0.39, 0.29) is 0 Å². The second-order valence-corrected chi connectivity index (χ2v) is 3.07. The summed E-state index contributed by atoms with van der Waals surface area (Å²) in [6.07, 6.45) is 0. The van der Waals surface area contributed by atoms with E-state index in [2.05, 4.69) is 4.98 Å². The van der Waals surface area contributed by atoms with Crippen molar-refractivity contribution >= 4 is 0 Å². The Hall–Kier alpha value is -1.51. The average Bonchev–Trinajstić information content (AvgIpc) is 2.61. The van der Waals surface area contributed by atoms with Gasteiger partial charge in [0.25, 0.3) is 5.89 Å². The maximum absolute atomic E-state index is 5.41. The Morgan fingerprint density at radius 2 is 1.85 bits per heavy atom. The highest BCUT2D eigenvalue weighted by molar-refractivity contribution is 5.45. The van der Waals surface area contributed by atoms with Crippen LogP contribution in [0.1, 0.15) is 17.2 Å². The molecule has 3 heteroatoms. The van der Waals surface area contributed by atoms with Crippen molar-refractivity contribution in [3.63, 3.8) is 0 Å². The van der Waals surface area contributed by atoms with Crippen LogP contribution >= 0.6 is 0 Å². The maximum atomic E-state index is 5.41. The van der Waals surface area contributed by atoms with Gasteiger partial charge in [-0.1, -0.05) is 0 Å². The van der Waals surface area contributed by atoms with E-state index in [1.807, 2.05) is 32.9 Å². The lowest BCUT2D eigenvalue weighted by atomic mass is 10.4. The van der Waals surface area contributed by atoms with Crippen LogP contribution in [0.4, 0.5) is 0 Å². The SMILES string of the molecule is Cc1ccc(-c2nc(C)c(C)o2)o1. The highest BCUT2D eigenvalue weighted by Crippen LogP contribution is 2.22. The first-order valence-corrected chi connectivity index (χ1v) is 4.17. The lowest BCUT2D eigenvalue weighted by Gasteiger charge is -1.86. The summed E-state index contributed by atoms with van der Waals surface area (Å²) in [5, 5.41) is 0. The minimum absolute atomic E-state index is 0.558. The molecule has 0 saturated heterocycles. The fraction of sp³-hybridized carbons (Fsp3) is 0.300. The summed E-state index contributed by atoms with van der Waals surface area (Å²) >= 11 is 0. The molecule has 2 rings (SSSR count). The summed E-state index contributed by atoms with van der Waals surface area (Å²) in [7, 11) is 0. The third-order valence-corrected chi connectivity index (χ3v) is 1.98. The lowest BCUT2D eigenvalue weighted by molar-refractivity contribution is 0.488. The number of aryl methyl sites for hydroxylation is 3. The van der Waals surface area contributed by atoms with Crippen LogP contribution < -0.4 is 0 Å². The minimum Gasteiger partial charge on any atom is -0.456 e. The summed E-state index contributed by atoms with van der Waals surface area (Å²) in [5.74, 6) is 2.95. The predicted octanol–water partition coefficient (Wildman–Crippen LogP) is 2.86. The molecule has 0 amide bonds. The molecule has 3 nitrogen and oxygen atoms in total. The van der Waals surface area contributed by atoms with Crippen LogP contribution in [0.25, 0.3) is 11.7 Å². The molecule has 0 unspecified atom stereocenters. The maximum Gasteiger partial charge on any atom is 0.263 e. The van der Waals surface area contributed by atoms with Gasteiger partial charge in [-0.2, -0.15) is 0 Å². The first kappa shape index (κ1) is 8.10. The van der Waals surface area contributed by atoms with E-state index in [0.29, 0.717) is 11.7 Å². The van der Waals surface area contributed by atoms with Crippen LogP contribution in [0, 0.1) is 20.8 Å². The van der Waals surface area contributed by atoms with E-state index >= 15 is 0 Å². The van der Waals surface area contributed by atoms with Gasteiger partial charge in [-0.3, -0.25) is 0 Å².